The summed E-state index contributed by atoms with van der Waals surface area (Å²) in [6.07, 6.45) is 1.77. The number of halogens is 1. The lowest BCUT2D eigenvalue weighted by Crippen LogP contribution is -2.15. The first-order chi connectivity index (χ1) is 8.43. The maximum absolute atomic E-state index is 13.9. The van der Waals surface area contributed by atoms with Crippen molar-refractivity contribution in [2.75, 3.05) is 14.1 Å². The molecule has 0 aromatic heterocycles. The van der Waals surface area contributed by atoms with Gasteiger partial charge in [0.25, 0.3) is 0 Å². The van der Waals surface area contributed by atoms with Gasteiger partial charge in [-0.2, -0.15) is 0 Å². The molecule has 0 spiro atoms. The third-order valence-electron chi connectivity index (χ3n) is 3.50. The molecule has 0 amide bonds. The molecule has 0 saturated heterocycles. The van der Waals surface area contributed by atoms with E-state index in [9.17, 15) is 9.18 Å². The maximum atomic E-state index is 13.9. The smallest absolute Gasteiger partial charge is 0.304 e. The molecule has 1 aromatic carbocycles. The lowest BCUT2D eigenvalue weighted by atomic mass is 9.91. The van der Waals surface area contributed by atoms with E-state index in [1.54, 1.807) is 6.07 Å². The molecule has 0 unspecified atom stereocenters. The first kappa shape index (κ1) is 13.0. The number of benzene rings is 1. The minimum absolute atomic E-state index is 0.0967. The maximum Gasteiger partial charge on any atom is 0.304 e. The third kappa shape index (κ3) is 2.70. The van der Waals surface area contributed by atoms with Crippen LogP contribution in [0.25, 0.3) is 0 Å². The zero-order chi connectivity index (χ0) is 13.3. The highest BCUT2D eigenvalue weighted by Gasteiger charge is 2.46. The summed E-state index contributed by atoms with van der Waals surface area (Å²) in [5, 5.41) is 8.89. The van der Waals surface area contributed by atoms with Crippen molar-refractivity contribution in [2.45, 2.75) is 31.2 Å². The number of aliphatic carboxylic acids is 1. The predicted octanol–water partition coefficient (Wildman–Crippen LogP) is 2.39. The number of carboxylic acids is 1. The van der Waals surface area contributed by atoms with Gasteiger partial charge in [-0.3, -0.25) is 4.79 Å². The summed E-state index contributed by atoms with van der Waals surface area (Å²) < 4.78 is 13.9. The third-order valence-corrected chi connectivity index (χ3v) is 3.50. The average molecular weight is 251 g/mol. The molecule has 1 aromatic rings. The van der Waals surface area contributed by atoms with Crippen molar-refractivity contribution < 1.29 is 14.3 Å². The SMILES string of the molecule is CN(C)Cc1ccc(C2(CC(=O)O)CC2)cc1F. The summed E-state index contributed by atoms with van der Waals surface area (Å²) in [5.41, 5.74) is 1.16. The molecule has 1 saturated carbocycles. The molecule has 0 atom stereocenters. The van der Waals surface area contributed by atoms with Gasteiger partial charge >= 0.3 is 5.97 Å². The van der Waals surface area contributed by atoms with E-state index in [1.807, 2.05) is 25.1 Å². The van der Waals surface area contributed by atoms with E-state index in [0.717, 1.165) is 18.4 Å². The monoisotopic (exact) mass is 251 g/mol. The zero-order valence-electron chi connectivity index (χ0n) is 10.7. The van der Waals surface area contributed by atoms with Gasteiger partial charge in [-0.25, -0.2) is 4.39 Å². The number of hydrogen-bond acceptors (Lipinski definition) is 2. The van der Waals surface area contributed by atoms with Crippen LogP contribution in [0.2, 0.25) is 0 Å². The summed E-state index contributed by atoms with van der Waals surface area (Å²) in [6.45, 7) is 0.554. The molecule has 2 rings (SSSR count). The highest BCUT2D eigenvalue weighted by atomic mass is 19.1. The second kappa shape index (κ2) is 4.69. The van der Waals surface area contributed by atoms with E-state index in [1.165, 1.54) is 6.07 Å². The molecule has 0 aliphatic heterocycles. The normalized spacial score (nSPS) is 16.9. The summed E-state index contributed by atoms with van der Waals surface area (Å²) in [4.78, 5) is 12.7. The molecule has 4 heteroatoms. The first-order valence-electron chi connectivity index (χ1n) is 6.08. The molecular weight excluding hydrogens is 233 g/mol. The lowest BCUT2D eigenvalue weighted by molar-refractivity contribution is -0.137. The highest BCUT2D eigenvalue weighted by molar-refractivity contribution is 5.70. The molecule has 0 heterocycles. The fraction of sp³-hybridized carbons (Fsp3) is 0.500. The molecule has 3 nitrogen and oxygen atoms in total. The Bertz CT molecular complexity index is 467. The number of carbonyl (C=O) groups is 1. The van der Waals surface area contributed by atoms with Gasteiger partial charge in [-0.05, 0) is 38.6 Å². The molecule has 0 radical (unpaired) electrons. The van der Waals surface area contributed by atoms with Gasteiger partial charge in [0.05, 0.1) is 6.42 Å². The molecule has 0 bridgehead atoms. The zero-order valence-corrected chi connectivity index (χ0v) is 10.7. The van der Waals surface area contributed by atoms with Gasteiger partial charge in [0, 0.05) is 17.5 Å². The number of rotatable bonds is 5. The Morgan fingerprint density at radius 2 is 2.11 bits per heavy atom. The molecule has 98 valence electrons. The van der Waals surface area contributed by atoms with Crippen LogP contribution in [-0.4, -0.2) is 30.1 Å². The summed E-state index contributed by atoms with van der Waals surface area (Å²) in [7, 11) is 3.78. The number of hydrogen-bond donors (Lipinski definition) is 1. The van der Waals surface area contributed by atoms with Gasteiger partial charge in [0.1, 0.15) is 5.82 Å². The Balaban J connectivity index is 2.21. The Morgan fingerprint density at radius 3 is 2.56 bits per heavy atom. The minimum atomic E-state index is -0.815. The second-order valence-electron chi connectivity index (χ2n) is 5.39. The van der Waals surface area contributed by atoms with Crippen LogP contribution in [0.15, 0.2) is 18.2 Å². The number of nitrogens with zero attached hydrogens (tertiary/aromatic N) is 1. The Hall–Kier alpha value is -1.42. The summed E-state index contributed by atoms with van der Waals surface area (Å²) in [5.74, 6) is -1.05. The van der Waals surface area contributed by atoms with E-state index in [0.29, 0.717) is 12.1 Å². The van der Waals surface area contributed by atoms with E-state index in [4.69, 9.17) is 5.11 Å². The minimum Gasteiger partial charge on any atom is -0.481 e. The van der Waals surface area contributed by atoms with Gasteiger partial charge in [0.15, 0.2) is 0 Å². The van der Waals surface area contributed by atoms with Crippen molar-refractivity contribution in [2.24, 2.45) is 0 Å². The van der Waals surface area contributed by atoms with Crippen molar-refractivity contribution >= 4 is 5.97 Å². The fourth-order valence-electron chi connectivity index (χ4n) is 2.35. The van der Waals surface area contributed by atoms with E-state index < -0.39 is 5.97 Å². The fourth-order valence-corrected chi connectivity index (χ4v) is 2.35. The van der Waals surface area contributed by atoms with Crippen LogP contribution in [0.3, 0.4) is 0 Å². The largest absolute Gasteiger partial charge is 0.481 e. The van der Waals surface area contributed by atoms with Gasteiger partial charge < -0.3 is 10.0 Å². The van der Waals surface area contributed by atoms with Crippen LogP contribution in [-0.2, 0) is 16.8 Å². The molecule has 1 aliphatic carbocycles. The van der Waals surface area contributed by atoms with Crippen LogP contribution in [0.4, 0.5) is 4.39 Å². The predicted molar refractivity (Wildman–Crippen MR) is 67.0 cm³/mol. The van der Waals surface area contributed by atoms with Crippen molar-refractivity contribution in [3.63, 3.8) is 0 Å². The van der Waals surface area contributed by atoms with Gasteiger partial charge in [0.2, 0.25) is 0 Å². The van der Waals surface area contributed by atoms with Crippen molar-refractivity contribution in [3.05, 3.63) is 35.1 Å². The van der Waals surface area contributed by atoms with E-state index in [2.05, 4.69) is 0 Å². The quantitative estimate of drug-likeness (QED) is 0.873. The van der Waals surface area contributed by atoms with Crippen molar-refractivity contribution in [1.82, 2.24) is 4.90 Å². The lowest BCUT2D eigenvalue weighted by Gasteiger charge is -2.16. The van der Waals surface area contributed by atoms with Crippen molar-refractivity contribution in [3.8, 4) is 0 Å². The Kier molecular flexibility index (Phi) is 3.39. The molecule has 18 heavy (non-hydrogen) atoms. The second-order valence-corrected chi connectivity index (χ2v) is 5.39. The highest BCUT2D eigenvalue weighted by Crippen LogP contribution is 2.51. The molecule has 1 N–H and O–H groups in total. The van der Waals surface area contributed by atoms with E-state index in [-0.39, 0.29) is 17.7 Å². The molecule has 1 aliphatic rings. The molecular formula is C14H18FNO2. The van der Waals surface area contributed by atoms with E-state index >= 15 is 0 Å². The van der Waals surface area contributed by atoms with Crippen LogP contribution in [0.5, 0.6) is 0 Å². The summed E-state index contributed by atoms with van der Waals surface area (Å²) in [6, 6.07) is 5.15. The van der Waals surface area contributed by atoms with Crippen LogP contribution in [0.1, 0.15) is 30.4 Å². The van der Waals surface area contributed by atoms with Crippen LogP contribution in [0, 0.1) is 5.82 Å². The Labute approximate surface area is 106 Å². The molecule has 1 fully saturated rings. The van der Waals surface area contributed by atoms with Crippen LogP contribution < -0.4 is 0 Å². The average Bonchev–Trinajstić information content (AvgIpc) is 3.00. The van der Waals surface area contributed by atoms with Crippen LogP contribution >= 0.6 is 0 Å². The first-order valence-corrected chi connectivity index (χ1v) is 6.08. The van der Waals surface area contributed by atoms with Crippen molar-refractivity contribution in [1.29, 1.82) is 0 Å². The standard InChI is InChI=1S/C14H18FNO2/c1-16(2)9-10-3-4-11(7-12(10)15)14(5-6-14)8-13(17)18/h3-4,7H,5-6,8-9H2,1-2H3,(H,17,18). The summed E-state index contributed by atoms with van der Waals surface area (Å²) >= 11 is 0. The number of carboxylic acid groups (broad SMARTS) is 1. The topological polar surface area (TPSA) is 40.5 Å². The van der Waals surface area contributed by atoms with Gasteiger partial charge in [-0.15, -0.1) is 0 Å². The Morgan fingerprint density at radius 1 is 1.44 bits per heavy atom. The van der Waals surface area contributed by atoms with Gasteiger partial charge in [-0.1, -0.05) is 12.1 Å².